The molecule has 3 aromatic carbocycles. The number of hydrogen-bond acceptors (Lipinski definition) is 7. The number of alkyl halides is 3. The number of ether oxygens (including phenoxy) is 3. The molecule has 3 aliphatic rings. The van der Waals surface area contributed by atoms with E-state index in [0.29, 0.717) is 52.3 Å². The van der Waals surface area contributed by atoms with Crippen molar-refractivity contribution in [2.45, 2.75) is 62.8 Å². The first-order valence-electron chi connectivity index (χ1n) is 14.8. The van der Waals surface area contributed by atoms with Crippen LogP contribution in [0.2, 0.25) is 0 Å². The van der Waals surface area contributed by atoms with Gasteiger partial charge in [-0.3, -0.25) is 4.79 Å². The number of carboxylic acid groups (broad SMARTS) is 1. The Labute approximate surface area is 258 Å². The van der Waals surface area contributed by atoms with Gasteiger partial charge in [-0.2, -0.15) is 13.2 Å². The number of carbonyl (C=O) groups is 1. The third-order valence-electron chi connectivity index (χ3n) is 8.93. The van der Waals surface area contributed by atoms with Crippen LogP contribution in [0.4, 0.5) is 13.2 Å². The van der Waals surface area contributed by atoms with Crippen molar-refractivity contribution in [3.63, 3.8) is 0 Å². The normalized spacial score (nSPS) is 21.4. The number of aliphatic hydroxyl groups is 1. The number of sulfone groups is 1. The summed E-state index contributed by atoms with van der Waals surface area (Å²) in [4.78, 5) is 11.2. The molecule has 3 aromatic rings. The van der Waals surface area contributed by atoms with Crippen LogP contribution in [0.3, 0.4) is 0 Å². The molecule has 240 valence electrons. The fraction of sp³-hybridized carbons (Fsp3) is 0.424. The molecule has 0 saturated carbocycles. The fourth-order valence-electron chi connectivity index (χ4n) is 6.40. The first-order valence-corrected chi connectivity index (χ1v) is 16.6. The fourth-order valence-corrected chi connectivity index (χ4v) is 7.99. The molecule has 1 aliphatic carbocycles. The molecule has 45 heavy (non-hydrogen) atoms. The average Bonchev–Trinajstić information content (AvgIpc) is 3.56. The molecule has 0 aromatic heterocycles. The van der Waals surface area contributed by atoms with Gasteiger partial charge in [-0.1, -0.05) is 12.1 Å². The molecule has 0 spiro atoms. The largest absolute Gasteiger partial charge is 0.492 e. The second-order valence-corrected chi connectivity index (χ2v) is 14.5. The number of fused-ring (bicyclic) bond motifs is 2. The van der Waals surface area contributed by atoms with Gasteiger partial charge in [-0.05, 0) is 90.8 Å². The van der Waals surface area contributed by atoms with Crippen molar-refractivity contribution in [1.82, 2.24) is 0 Å². The third-order valence-corrected chi connectivity index (χ3v) is 10.6. The first-order chi connectivity index (χ1) is 21.2. The smallest absolute Gasteiger partial charge is 0.416 e. The molecule has 0 bridgehead atoms. The number of aliphatic carboxylic acids is 1. The van der Waals surface area contributed by atoms with Crippen molar-refractivity contribution >= 4 is 15.8 Å². The Morgan fingerprint density at radius 2 is 1.76 bits per heavy atom. The molecule has 2 aliphatic heterocycles. The molecule has 0 amide bonds. The Bertz CT molecular complexity index is 1740. The SMILES string of the molecule is Cc1cc(OCC2(O)CCS(=O)(=O)CC2)ccc1-c1cc(C(F)(F)F)cc2c1CCC2Oc1ccc2c(c1)OC[C@H]2CC(=O)O. The molecule has 2 N–H and O–H groups in total. The van der Waals surface area contributed by atoms with E-state index in [-0.39, 0.29) is 49.9 Å². The van der Waals surface area contributed by atoms with E-state index in [4.69, 9.17) is 19.3 Å². The zero-order valence-electron chi connectivity index (χ0n) is 24.5. The second kappa shape index (κ2) is 11.5. The molecule has 1 fully saturated rings. The molecule has 1 unspecified atom stereocenters. The highest BCUT2D eigenvalue weighted by atomic mass is 32.2. The van der Waals surface area contributed by atoms with Gasteiger partial charge in [0.1, 0.15) is 35.6 Å². The molecule has 1 saturated heterocycles. The summed E-state index contributed by atoms with van der Waals surface area (Å²) in [5, 5.41) is 19.9. The number of hydrogen-bond donors (Lipinski definition) is 2. The van der Waals surface area contributed by atoms with E-state index in [9.17, 15) is 31.5 Å². The topological polar surface area (TPSA) is 119 Å². The Kier molecular flexibility index (Phi) is 8.01. The van der Waals surface area contributed by atoms with Gasteiger partial charge >= 0.3 is 12.1 Å². The highest BCUT2D eigenvalue weighted by Crippen LogP contribution is 2.46. The minimum absolute atomic E-state index is 0.0621. The van der Waals surface area contributed by atoms with E-state index in [1.54, 1.807) is 43.3 Å². The zero-order chi connectivity index (χ0) is 32.1. The predicted molar refractivity (Wildman–Crippen MR) is 159 cm³/mol. The van der Waals surface area contributed by atoms with Crippen molar-refractivity contribution in [3.8, 4) is 28.4 Å². The van der Waals surface area contributed by atoms with Gasteiger partial charge in [0.2, 0.25) is 0 Å². The van der Waals surface area contributed by atoms with Gasteiger partial charge < -0.3 is 24.4 Å². The lowest BCUT2D eigenvalue weighted by atomic mass is 9.91. The van der Waals surface area contributed by atoms with E-state index in [1.807, 2.05) is 0 Å². The van der Waals surface area contributed by atoms with Crippen molar-refractivity contribution in [3.05, 3.63) is 76.3 Å². The minimum atomic E-state index is -4.59. The van der Waals surface area contributed by atoms with Gasteiger partial charge in [0.15, 0.2) is 9.84 Å². The maximum absolute atomic E-state index is 14.1. The Morgan fingerprint density at radius 1 is 1.02 bits per heavy atom. The number of carboxylic acids is 1. The van der Waals surface area contributed by atoms with Crippen LogP contribution >= 0.6 is 0 Å². The number of halogens is 3. The van der Waals surface area contributed by atoms with Gasteiger partial charge in [-0.25, -0.2) is 8.42 Å². The van der Waals surface area contributed by atoms with Gasteiger partial charge in [0, 0.05) is 17.5 Å². The Balaban J connectivity index is 1.25. The lowest BCUT2D eigenvalue weighted by molar-refractivity contribution is -0.138. The van der Waals surface area contributed by atoms with Crippen LogP contribution in [-0.4, -0.2) is 54.9 Å². The predicted octanol–water partition coefficient (Wildman–Crippen LogP) is 6.02. The van der Waals surface area contributed by atoms with Crippen molar-refractivity contribution in [2.75, 3.05) is 24.7 Å². The van der Waals surface area contributed by atoms with Crippen LogP contribution in [0.25, 0.3) is 11.1 Å². The summed E-state index contributed by atoms with van der Waals surface area (Å²) in [7, 11) is -3.16. The van der Waals surface area contributed by atoms with Crippen molar-refractivity contribution in [1.29, 1.82) is 0 Å². The molecule has 8 nitrogen and oxygen atoms in total. The van der Waals surface area contributed by atoms with E-state index >= 15 is 0 Å². The highest BCUT2D eigenvalue weighted by molar-refractivity contribution is 7.91. The summed E-state index contributed by atoms with van der Waals surface area (Å²) in [5.41, 5.74) is 1.70. The minimum Gasteiger partial charge on any atom is -0.492 e. The quantitative estimate of drug-likeness (QED) is 0.305. The monoisotopic (exact) mass is 646 g/mol. The van der Waals surface area contributed by atoms with Crippen molar-refractivity contribution < 1.29 is 50.8 Å². The van der Waals surface area contributed by atoms with E-state index < -0.39 is 39.3 Å². The van der Waals surface area contributed by atoms with Gasteiger partial charge in [0.25, 0.3) is 0 Å². The summed E-state index contributed by atoms with van der Waals surface area (Å²) in [6, 6.07) is 12.5. The number of benzene rings is 3. The second-order valence-electron chi connectivity index (χ2n) is 12.2. The molecule has 12 heteroatoms. The lowest BCUT2D eigenvalue weighted by Gasteiger charge is -2.31. The Hall–Kier alpha value is -3.77. The summed E-state index contributed by atoms with van der Waals surface area (Å²) in [6.45, 7) is 1.93. The molecule has 0 radical (unpaired) electrons. The Morgan fingerprint density at radius 3 is 2.44 bits per heavy atom. The van der Waals surface area contributed by atoms with Crippen molar-refractivity contribution in [2.24, 2.45) is 0 Å². The first kappa shape index (κ1) is 31.2. The number of aryl methyl sites for hydroxylation is 1. The van der Waals surface area contributed by atoms with Gasteiger partial charge in [-0.15, -0.1) is 0 Å². The summed E-state index contributed by atoms with van der Waals surface area (Å²) < 4.78 is 83.6. The lowest BCUT2D eigenvalue weighted by Crippen LogP contribution is -2.43. The molecular formula is C33H33F3O8S. The van der Waals surface area contributed by atoms with Crippen LogP contribution in [0.1, 0.15) is 65.5 Å². The number of rotatable bonds is 8. The van der Waals surface area contributed by atoms with E-state index in [2.05, 4.69) is 0 Å². The van der Waals surface area contributed by atoms with Gasteiger partial charge in [0.05, 0.1) is 30.1 Å². The maximum Gasteiger partial charge on any atom is 0.416 e. The third kappa shape index (κ3) is 6.62. The molecular weight excluding hydrogens is 613 g/mol. The van der Waals surface area contributed by atoms with E-state index in [0.717, 1.165) is 17.2 Å². The average molecular weight is 647 g/mol. The molecule has 2 atom stereocenters. The molecule has 6 rings (SSSR count). The maximum atomic E-state index is 14.1. The summed E-state index contributed by atoms with van der Waals surface area (Å²) in [6.07, 6.45) is -4.14. The summed E-state index contributed by atoms with van der Waals surface area (Å²) in [5.74, 6) is -0.0472. The van der Waals surface area contributed by atoms with Crippen LogP contribution in [0.5, 0.6) is 17.2 Å². The zero-order valence-corrected chi connectivity index (χ0v) is 25.3. The molecule has 2 heterocycles. The van der Waals surface area contributed by atoms with Crippen LogP contribution in [-0.2, 0) is 27.2 Å². The van der Waals surface area contributed by atoms with Crippen LogP contribution in [0, 0.1) is 6.92 Å². The standard InChI is InChI=1S/C33H33F3O8S/c1-19-12-22(43-18-32(39)8-10-45(40,41)11-9-32)2-4-24(19)27-14-21(33(34,35)36)15-28-26(27)6-7-29(28)44-23-3-5-25-20(13-31(37)38)17-42-30(25)16-23/h2-5,12,14-16,20,29,39H,6-11,13,17-18H2,1H3,(H,37,38)/t20-,29?/m1/s1. The summed E-state index contributed by atoms with van der Waals surface area (Å²) >= 11 is 0. The van der Waals surface area contributed by atoms with E-state index in [1.165, 1.54) is 6.07 Å². The highest BCUT2D eigenvalue weighted by Gasteiger charge is 2.38. The van der Waals surface area contributed by atoms with Crippen LogP contribution in [0.15, 0.2) is 48.5 Å². The van der Waals surface area contributed by atoms with Crippen LogP contribution < -0.4 is 14.2 Å².